The third-order valence-corrected chi connectivity index (χ3v) is 8.59. The van der Waals surface area contributed by atoms with Gasteiger partial charge in [-0.1, -0.05) is 41.7 Å². The van der Waals surface area contributed by atoms with Crippen LogP contribution in [-0.2, 0) is 4.79 Å². The van der Waals surface area contributed by atoms with Gasteiger partial charge in [0, 0.05) is 27.7 Å². The zero-order valence-electron chi connectivity index (χ0n) is 21.7. The number of carbonyl (C=O) groups is 3. The number of aliphatic hydroxyl groups is 1. The van der Waals surface area contributed by atoms with E-state index in [1.165, 1.54) is 36.4 Å². The van der Waals surface area contributed by atoms with Gasteiger partial charge in [-0.15, -0.1) is 23.4 Å². The van der Waals surface area contributed by atoms with Crippen molar-refractivity contribution in [1.82, 2.24) is 20.4 Å². The van der Waals surface area contributed by atoms with Gasteiger partial charge >= 0.3 is 18.4 Å². The Balaban J connectivity index is 1.23. The number of aliphatic hydroxyl groups excluding tert-OH is 1. The zero-order valence-corrected chi connectivity index (χ0v) is 24.7. The van der Waals surface area contributed by atoms with Crippen LogP contribution in [0.2, 0.25) is 0 Å². The van der Waals surface area contributed by atoms with Gasteiger partial charge in [0.2, 0.25) is 5.13 Å². The molecule has 0 spiro atoms. The minimum absolute atomic E-state index is 0.00484. The van der Waals surface area contributed by atoms with E-state index in [1.54, 1.807) is 12.1 Å². The number of imide groups is 1. The van der Waals surface area contributed by atoms with Crippen molar-refractivity contribution in [2.24, 2.45) is 5.92 Å². The van der Waals surface area contributed by atoms with Gasteiger partial charge in [-0.05, 0) is 58.5 Å². The quantitative estimate of drug-likeness (QED) is 0.239. The minimum atomic E-state index is -4.85. The number of urea groups is 1. The number of ether oxygens (including phenoxy) is 1. The number of benzene rings is 2. The number of hydrogen-bond acceptors (Lipinski definition) is 9. The summed E-state index contributed by atoms with van der Waals surface area (Å²) >= 11 is 3.03. The summed E-state index contributed by atoms with van der Waals surface area (Å²) in [6, 6.07) is 10.4. The maximum Gasteiger partial charge on any atom is 0.573 e. The van der Waals surface area contributed by atoms with Gasteiger partial charge in [-0.25, -0.2) is 9.59 Å². The molecule has 5 rings (SSSR count). The van der Waals surface area contributed by atoms with Crippen LogP contribution in [0.1, 0.15) is 15.9 Å². The lowest BCUT2D eigenvalue weighted by molar-refractivity contribution is -0.274. The molecule has 2 atom stereocenters. The Kier molecular flexibility index (Phi) is 8.15. The number of carbonyl (C=O) groups excluding carboxylic acids is 2. The van der Waals surface area contributed by atoms with Crippen molar-refractivity contribution in [2.45, 2.75) is 12.4 Å². The Morgan fingerprint density at radius 3 is 2.47 bits per heavy atom. The molecule has 3 aromatic rings. The number of halogens is 4. The summed E-state index contributed by atoms with van der Waals surface area (Å²) in [5.74, 6) is -2.93. The molecule has 3 amide bonds. The molecule has 0 fully saturated rings. The summed E-state index contributed by atoms with van der Waals surface area (Å²) in [6.45, 7) is 0. The number of carboxylic acid groups (broad SMARTS) is 1. The average molecular weight is 725 g/mol. The first-order valence-corrected chi connectivity index (χ1v) is 14.1. The summed E-state index contributed by atoms with van der Waals surface area (Å²) in [5, 5.41) is 31.9. The van der Waals surface area contributed by atoms with Crippen LogP contribution in [0.5, 0.6) is 5.75 Å². The number of alkyl halides is 3. The Hall–Kier alpha value is -4.45. The van der Waals surface area contributed by atoms with Crippen molar-refractivity contribution in [3.8, 4) is 16.3 Å². The number of nitrogens with zero attached hydrogens (tertiary/aromatic N) is 3. The molecule has 0 saturated heterocycles. The van der Waals surface area contributed by atoms with Gasteiger partial charge in [-0.2, -0.15) is 0 Å². The molecular weight excluding hydrogens is 706 g/mol. The molecule has 1 aromatic heterocycles. The molecule has 11 nitrogen and oxygen atoms in total. The number of likely N-dealkylation sites (N-methyl/N-ethyl adjacent to an activating group) is 1. The normalized spacial score (nSPS) is 18.0. The van der Waals surface area contributed by atoms with Crippen LogP contribution in [0.3, 0.4) is 0 Å². The Bertz CT molecular complexity index is 1720. The van der Waals surface area contributed by atoms with Crippen molar-refractivity contribution in [3.63, 3.8) is 0 Å². The van der Waals surface area contributed by atoms with Gasteiger partial charge in [0.1, 0.15) is 16.5 Å². The second-order valence-electron chi connectivity index (χ2n) is 9.23. The Morgan fingerprint density at radius 2 is 1.79 bits per heavy atom. The van der Waals surface area contributed by atoms with E-state index in [4.69, 9.17) is 0 Å². The molecule has 0 bridgehead atoms. The number of hydrogen-bond donors (Lipinski definition) is 4. The summed E-state index contributed by atoms with van der Waals surface area (Å²) in [7, 11) is 1.82. The number of nitrogens with one attached hydrogen (secondary N) is 2. The maximum atomic E-state index is 12.7. The molecule has 2 heterocycles. The van der Waals surface area contributed by atoms with E-state index in [1.807, 2.05) is 11.9 Å². The number of fused-ring (bicyclic) bond motifs is 1. The third kappa shape index (κ3) is 6.48. The monoisotopic (exact) mass is 725 g/mol. The van der Waals surface area contributed by atoms with Crippen LogP contribution in [0.15, 0.2) is 75.6 Å². The van der Waals surface area contributed by atoms with E-state index in [2.05, 4.69) is 48.2 Å². The molecule has 0 saturated carbocycles. The molecule has 2 aromatic carbocycles. The van der Waals surface area contributed by atoms with Gasteiger partial charge in [-0.3, -0.25) is 15.4 Å². The molecule has 16 heteroatoms. The van der Waals surface area contributed by atoms with Crippen LogP contribution >= 0.6 is 33.9 Å². The van der Waals surface area contributed by atoms with Crippen molar-refractivity contribution >= 4 is 62.7 Å². The summed E-state index contributed by atoms with van der Waals surface area (Å²) < 4.78 is 42.3. The highest BCUT2D eigenvalue weighted by Gasteiger charge is 2.40. The lowest BCUT2D eigenvalue weighted by Crippen LogP contribution is -2.34. The highest BCUT2D eigenvalue weighted by Crippen LogP contribution is 2.46. The second-order valence-corrected chi connectivity index (χ2v) is 11.4. The molecule has 222 valence electrons. The lowest BCUT2D eigenvalue weighted by atomic mass is 9.91. The van der Waals surface area contributed by atoms with Crippen molar-refractivity contribution < 1.29 is 42.5 Å². The van der Waals surface area contributed by atoms with E-state index < -0.39 is 30.0 Å². The molecule has 43 heavy (non-hydrogen) atoms. The summed E-state index contributed by atoms with van der Waals surface area (Å²) in [4.78, 5) is 38.5. The number of rotatable bonds is 6. The molecule has 2 aliphatic rings. The molecule has 2 unspecified atom stereocenters. The number of carboxylic acids is 1. The average Bonchev–Trinajstić information content (AvgIpc) is 3.49. The van der Waals surface area contributed by atoms with Gasteiger partial charge in [0.15, 0.2) is 0 Å². The van der Waals surface area contributed by atoms with Crippen LogP contribution < -0.4 is 15.4 Å². The largest absolute Gasteiger partial charge is 0.573 e. The third-order valence-electron chi connectivity index (χ3n) is 6.48. The minimum Gasteiger partial charge on any atom is -0.507 e. The van der Waals surface area contributed by atoms with E-state index in [0.29, 0.717) is 0 Å². The number of aliphatic carboxylic acids is 1. The van der Waals surface area contributed by atoms with Gasteiger partial charge < -0.3 is 19.8 Å². The van der Waals surface area contributed by atoms with E-state index >= 15 is 0 Å². The molecule has 4 N–H and O–H groups in total. The fourth-order valence-electron chi connectivity index (χ4n) is 4.59. The molecule has 1 aliphatic carbocycles. The first kappa shape index (κ1) is 30.0. The first-order chi connectivity index (χ1) is 20.3. The summed E-state index contributed by atoms with van der Waals surface area (Å²) in [6.07, 6.45) is -1.83. The number of aromatic nitrogens is 2. The van der Waals surface area contributed by atoms with Crippen LogP contribution in [-0.4, -0.2) is 62.7 Å². The van der Waals surface area contributed by atoms with Crippen LogP contribution in [0.25, 0.3) is 16.3 Å². The Morgan fingerprint density at radius 1 is 1.07 bits per heavy atom. The molecule has 0 radical (unpaired) electrons. The number of amides is 3. The lowest BCUT2D eigenvalue weighted by Gasteiger charge is -2.28. The first-order valence-electron chi connectivity index (χ1n) is 12.2. The fourth-order valence-corrected chi connectivity index (χ4v) is 6.57. The van der Waals surface area contributed by atoms with Crippen LogP contribution in [0, 0.1) is 5.92 Å². The maximum absolute atomic E-state index is 12.7. The Labute approximate surface area is 258 Å². The SMILES string of the molecule is CN1C(c2ccc(C(=O)NC(=O)Nc3nnc(-c4cccc(OC(F)(F)F)c4)s3)cc2)=C(I)C2C=C(C(=O)O)C(O)=CC21. The van der Waals surface area contributed by atoms with Gasteiger partial charge in [0.25, 0.3) is 5.91 Å². The van der Waals surface area contributed by atoms with Crippen molar-refractivity contribution in [3.05, 3.63) is 86.7 Å². The van der Waals surface area contributed by atoms with E-state index in [9.17, 15) is 37.8 Å². The standard InChI is InChI=1S/C27H19F3IN5O6S/c1-36-18-11-19(37)17(24(39)40)10-16(18)20(31)21(36)12-5-7-13(8-6-12)22(38)32-25(41)33-26-35-34-23(43-26)14-3-2-4-15(9-14)42-27(28,29)30/h2-11,16,18,37H,1H3,(H,39,40)(H2,32,33,35,38,41). The summed E-state index contributed by atoms with van der Waals surface area (Å²) in [5.41, 5.74) is 1.84. The molecule has 1 aliphatic heterocycles. The zero-order chi connectivity index (χ0) is 31.1. The highest BCUT2D eigenvalue weighted by atomic mass is 127. The predicted molar refractivity (Wildman–Crippen MR) is 157 cm³/mol. The van der Waals surface area contributed by atoms with Crippen molar-refractivity contribution in [2.75, 3.05) is 12.4 Å². The van der Waals surface area contributed by atoms with E-state index in [0.717, 1.165) is 38.3 Å². The van der Waals surface area contributed by atoms with E-state index in [-0.39, 0.29) is 44.6 Å². The predicted octanol–water partition coefficient (Wildman–Crippen LogP) is 5.57. The van der Waals surface area contributed by atoms with Gasteiger partial charge in [0.05, 0.1) is 17.3 Å². The fraction of sp³-hybridized carbons (Fsp3) is 0.148. The smallest absolute Gasteiger partial charge is 0.507 e. The molecular formula is C27H19F3IN5O6S. The van der Waals surface area contributed by atoms with Crippen LogP contribution in [0.4, 0.5) is 23.1 Å². The second kappa shape index (κ2) is 11.7. The highest BCUT2D eigenvalue weighted by molar-refractivity contribution is 14.1. The topological polar surface area (TPSA) is 154 Å². The van der Waals surface area contributed by atoms with Crippen molar-refractivity contribution in [1.29, 1.82) is 0 Å². The number of anilines is 1.